The third-order valence-corrected chi connectivity index (χ3v) is 3.18. The molecule has 0 aromatic carbocycles. The molecule has 0 aliphatic rings. The highest BCUT2D eigenvalue weighted by molar-refractivity contribution is 4.79. The Kier molecular flexibility index (Phi) is 8.45. The van der Waals surface area contributed by atoms with Crippen molar-refractivity contribution >= 4 is 0 Å². The Morgan fingerprint density at radius 1 is 1.44 bits per heavy atom. The normalized spacial score (nSPS) is 14.0. The van der Waals surface area contributed by atoms with E-state index in [0.717, 1.165) is 19.4 Å². The molecule has 0 fully saturated rings. The molecule has 0 radical (unpaired) electrons. The lowest BCUT2D eigenvalue weighted by Gasteiger charge is -2.20. The van der Waals surface area contributed by atoms with Crippen molar-refractivity contribution in [3.05, 3.63) is 23.1 Å². The van der Waals surface area contributed by atoms with Crippen molar-refractivity contribution in [2.45, 2.75) is 40.0 Å². The summed E-state index contributed by atoms with van der Waals surface area (Å²) in [5, 5.41) is 3.37. The third kappa shape index (κ3) is 6.36. The fraction of sp³-hybridized carbons (Fsp3) is 0.833. The topological polar surface area (TPSA) is 60.8 Å². The van der Waals surface area contributed by atoms with E-state index in [4.69, 9.17) is 5.53 Å². The van der Waals surface area contributed by atoms with E-state index >= 15 is 0 Å². The molecule has 0 saturated heterocycles. The molecular weight excluding hydrogens is 200 g/mol. The monoisotopic (exact) mass is 224 g/mol. The number of allylic oxidation sites excluding steroid dienone is 1. The quantitative estimate of drug-likeness (QED) is 0.207. The second kappa shape index (κ2) is 9.10. The summed E-state index contributed by atoms with van der Waals surface area (Å²) in [6.07, 6.45) is 5.51. The molecule has 0 aliphatic carbocycles. The molecule has 0 saturated carbocycles. The van der Waals surface area contributed by atoms with Crippen molar-refractivity contribution in [2.75, 3.05) is 6.54 Å². The van der Waals surface area contributed by atoms with Gasteiger partial charge in [-0.05, 0) is 42.2 Å². The lowest BCUT2D eigenvalue weighted by molar-refractivity contribution is 0.319. The molecule has 4 heteroatoms. The van der Waals surface area contributed by atoms with Gasteiger partial charge in [-0.1, -0.05) is 26.8 Å². The van der Waals surface area contributed by atoms with Crippen LogP contribution in [0.15, 0.2) is 17.9 Å². The van der Waals surface area contributed by atoms with E-state index < -0.39 is 0 Å². The smallest absolute Gasteiger partial charge is 0.0889 e. The molecule has 0 bridgehead atoms. The number of rotatable bonds is 9. The first-order chi connectivity index (χ1) is 7.65. The molecule has 1 N–H and O–H groups in total. The van der Waals surface area contributed by atoms with E-state index in [0.29, 0.717) is 17.8 Å². The number of hydrogen-bond acceptors (Lipinski definition) is 1. The van der Waals surface area contributed by atoms with E-state index in [1.54, 1.807) is 0 Å². The zero-order chi connectivity index (χ0) is 12.4. The highest BCUT2D eigenvalue weighted by Gasteiger charge is 2.15. The molecule has 92 valence electrons. The standard InChI is InChI=1S/C12H24N4/c1-5-11(6-2)7-8-12(10(3)4)9-14-16-15-13/h5,10-12,14H,1,6-9H2,2-4H3/t11-,12+/m0/s1. The predicted molar refractivity (Wildman–Crippen MR) is 68.7 cm³/mol. The molecule has 4 nitrogen and oxygen atoms in total. The Balaban J connectivity index is 4.01. The fourth-order valence-corrected chi connectivity index (χ4v) is 1.78. The van der Waals surface area contributed by atoms with Crippen molar-refractivity contribution in [3.8, 4) is 0 Å². The first-order valence-electron chi connectivity index (χ1n) is 6.05. The highest BCUT2D eigenvalue weighted by Crippen LogP contribution is 2.21. The van der Waals surface area contributed by atoms with Crippen LogP contribution in [0, 0.1) is 17.8 Å². The molecule has 0 amide bonds. The van der Waals surface area contributed by atoms with Crippen molar-refractivity contribution in [1.82, 2.24) is 5.43 Å². The highest BCUT2D eigenvalue weighted by atomic mass is 15.4. The first kappa shape index (κ1) is 14.8. The van der Waals surface area contributed by atoms with Crippen LogP contribution in [0.2, 0.25) is 0 Å². The summed E-state index contributed by atoms with van der Waals surface area (Å²) >= 11 is 0. The summed E-state index contributed by atoms with van der Waals surface area (Å²) < 4.78 is 0. The zero-order valence-electron chi connectivity index (χ0n) is 10.7. The van der Waals surface area contributed by atoms with Gasteiger partial charge in [0.2, 0.25) is 0 Å². The van der Waals surface area contributed by atoms with Crippen LogP contribution in [0.5, 0.6) is 0 Å². The van der Waals surface area contributed by atoms with Gasteiger partial charge in [-0.2, -0.15) is 4.91 Å². The van der Waals surface area contributed by atoms with Crippen molar-refractivity contribution in [3.63, 3.8) is 0 Å². The van der Waals surface area contributed by atoms with E-state index in [-0.39, 0.29) is 0 Å². The van der Waals surface area contributed by atoms with Crippen LogP contribution in [0.3, 0.4) is 0 Å². The van der Waals surface area contributed by atoms with Gasteiger partial charge in [-0.3, -0.25) is 5.43 Å². The maximum Gasteiger partial charge on any atom is 0.0889 e. The summed E-state index contributed by atoms with van der Waals surface area (Å²) in [5.41, 5.74) is 11.0. The van der Waals surface area contributed by atoms with Crippen LogP contribution in [-0.2, 0) is 0 Å². The Hall–Kier alpha value is -1.15. The Morgan fingerprint density at radius 3 is 2.56 bits per heavy atom. The number of azide groups is 1. The van der Waals surface area contributed by atoms with E-state index in [9.17, 15) is 0 Å². The maximum atomic E-state index is 8.19. The van der Waals surface area contributed by atoms with Gasteiger partial charge in [0.15, 0.2) is 0 Å². The van der Waals surface area contributed by atoms with Crippen molar-refractivity contribution in [1.29, 1.82) is 0 Å². The number of hydrogen-bond donors (Lipinski definition) is 1. The van der Waals surface area contributed by atoms with Gasteiger partial charge >= 0.3 is 0 Å². The zero-order valence-corrected chi connectivity index (χ0v) is 10.7. The molecule has 0 rings (SSSR count). The summed E-state index contributed by atoms with van der Waals surface area (Å²) in [6, 6.07) is 0. The molecule has 2 atom stereocenters. The molecule has 0 spiro atoms. The molecule has 0 heterocycles. The van der Waals surface area contributed by atoms with Gasteiger partial charge in [0.25, 0.3) is 0 Å². The van der Waals surface area contributed by atoms with Crippen LogP contribution in [-0.4, -0.2) is 6.54 Å². The third-order valence-electron chi connectivity index (χ3n) is 3.18. The molecule has 0 aromatic rings. The molecular formula is C12H24N4. The van der Waals surface area contributed by atoms with Gasteiger partial charge in [0, 0.05) is 0 Å². The predicted octanol–water partition coefficient (Wildman–Crippen LogP) is 4.07. The summed E-state index contributed by atoms with van der Waals surface area (Å²) in [7, 11) is 0. The minimum absolute atomic E-state index is 0.555. The van der Waals surface area contributed by atoms with Crippen LogP contribution in [0.1, 0.15) is 40.0 Å². The van der Waals surface area contributed by atoms with Crippen LogP contribution < -0.4 is 5.43 Å². The minimum atomic E-state index is 0.555. The average Bonchev–Trinajstić information content (AvgIpc) is 2.27. The van der Waals surface area contributed by atoms with Gasteiger partial charge in [0.1, 0.15) is 0 Å². The second-order valence-corrected chi connectivity index (χ2v) is 4.54. The number of nitrogens with zero attached hydrogens (tertiary/aromatic N) is 3. The number of nitrogens with one attached hydrogen (secondary N) is 1. The van der Waals surface area contributed by atoms with Crippen LogP contribution in [0.4, 0.5) is 0 Å². The van der Waals surface area contributed by atoms with Crippen molar-refractivity contribution < 1.29 is 0 Å². The second-order valence-electron chi connectivity index (χ2n) is 4.54. The SMILES string of the molecule is C=C[C@@H](CC)CC[C@H](CNN=[N+]=[N-])C(C)C. The van der Waals surface area contributed by atoms with E-state index in [1.165, 1.54) is 6.42 Å². The van der Waals surface area contributed by atoms with E-state index in [1.807, 2.05) is 6.08 Å². The summed E-state index contributed by atoms with van der Waals surface area (Å²) in [5.74, 6) is 1.77. The lowest BCUT2D eigenvalue weighted by atomic mass is 9.87. The summed E-state index contributed by atoms with van der Waals surface area (Å²) in [4.78, 5) is 2.69. The minimum Gasteiger partial charge on any atom is -0.261 e. The molecule has 16 heavy (non-hydrogen) atoms. The average molecular weight is 224 g/mol. The molecule has 0 unspecified atom stereocenters. The van der Waals surface area contributed by atoms with Gasteiger partial charge in [-0.15, -0.1) is 12.1 Å². The maximum absolute atomic E-state index is 8.19. The van der Waals surface area contributed by atoms with E-state index in [2.05, 4.69) is 42.9 Å². The Bertz CT molecular complexity index is 231. The van der Waals surface area contributed by atoms with Gasteiger partial charge in [-0.25, -0.2) is 0 Å². The largest absolute Gasteiger partial charge is 0.261 e. The Morgan fingerprint density at radius 2 is 2.12 bits per heavy atom. The van der Waals surface area contributed by atoms with Crippen LogP contribution >= 0.6 is 0 Å². The first-order valence-corrected chi connectivity index (χ1v) is 6.05. The Labute approximate surface area is 98.7 Å². The van der Waals surface area contributed by atoms with Gasteiger partial charge < -0.3 is 0 Å². The molecule has 0 aliphatic heterocycles. The lowest BCUT2D eigenvalue weighted by Crippen LogP contribution is -2.23. The van der Waals surface area contributed by atoms with Crippen LogP contribution in [0.25, 0.3) is 10.4 Å². The molecule has 0 aromatic heterocycles. The fourth-order valence-electron chi connectivity index (χ4n) is 1.78. The summed E-state index contributed by atoms with van der Waals surface area (Å²) in [6.45, 7) is 11.2. The van der Waals surface area contributed by atoms with Gasteiger partial charge in [0.05, 0.1) is 6.54 Å². The van der Waals surface area contributed by atoms with Crippen molar-refractivity contribution in [2.24, 2.45) is 23.0 Å².